The maximum absolute atomic E-state index is 5.98. The molecule has 2 atom stereocenters. The van der Waals surface area contributed by atoms with Gasteiger partial charge in [0, 0.05) is 29.4 Å². The summed E-state index contributed by atoms with van der Waals surface area (Å²) in [6.07, 6.45) is 9.07. The largest absolute Gasteiger partial charge is 0.383 e. The van der Waals surface area contributed by atoms with Crippen molar-refractivity contribution in [1.29, 1.82) is 0 Å². The van der Waals surface area contributed by atoms with Crippen LogP contribution in [0.5, 0.6) is 0 Å². The highest BCUT2D eigenvalue weighted by Gasteiger charge is 2.28. The Labute approximate surface area is 155 Å². The maximum Gasteiger partial charge on any atom is 0.145 e. The Hall–Kier alpha value is -2.73. The van der Waals surface area contributed by atoms with Gasteiger partial charge in [-0.25, -0.2) is 14.3 Å². The molecule has 1 aliphatic carbocycles. The number of nitrogen functional groups attached to an aromatic ring is 1. The SMILES string of the molecule is Nc1ncnc2c1ccn2C1CCC(c2cccc(-c3cnsc3)c2)C1. The quantitative estimate of drug-likeness (QED) is 0.577. The molecule has 0 aliphatic heterocycles. The van der Waals surface area contributed by atoms with Crippen molar-refractivity contribution in [1.82, 2.24) is 18.9 Å². The minimum atomic E-state index is 0.457. The summed E-state index contributed by atoms with van der Waals surface area (Å²) in [6, 6.07) is 11.4. The first-order chi connectivity index (χ1) is 12.8. The van der Waals surface area contributed by atoms with Gasteiger partial charge in [0.1, 0.15) is 17.8 Å². The molecule has 1 saturated carbocycles. The zero-order valence-corrected chi connectivity index (χ0v) is 15.1. The second kappa shape index (κ2) is 6.21. The lowest BCUT2D eigenvalue weighted by molar-refractivity contribution is 0.523. The van der Waals surface area contributed by atoms with Crippen molar-refractivity contribution in [3.8, 4) is 11.1 Å². The molecule has 5 rings (SSSR count). The topological polar surface area (TPSA) is 69.6 Å². The number of benzene rings is 1. The molecule has 1 aliphatic rings. The van der Waals surface area contributed by atoms with Crippen molar-refractivity contribution in [2.24, 2.45) is 0 Å². The van der Waals surface area contributed by atoms with Crippen LogP contribution in [0.1, 0.15) is 36.8 Å². The van der Waals surface area contributed by atoms with Crippen LogP contribution in [0.3, 0.4) is 0 Å². The van der Waals surface area contributed by atoms with Gasteiger partial charge in [-0.3, -0.25) is 0 Å². The van der Waals surface area contributed by atoms with E-state index in [0.717, 1.165) is 23.9 Å². The van der Waals surface area contributed by atoms with Gasteiger partial charge in [0.2, 0.25) is 0 Å². The zero-order chi connectivity index (χ0) is 17.5. The van der Waals surface area contributed by atoms with Crippen LogP contribution in [0.4, 0.5) is 5.82 Å². The Morgan fingerprint density at radius 1 is 1.12 bits per heavy atom. The van der Waals surface area contributed by atoms with E-state index in [9.17, 15) is 0 Å². The van der Waals surface area contributed by atoms with Crippen LogP contribution in [0.15, 0.2) is 54.4 Å². The van der Waals surface area contributed by atoms with Crippen molar-refractivity contribution < 1.29 is 0 Å². The van der Waals surface area contributed by atoms with E-state index in [0.29, 0.717) is 17.8 Å². The predicted octanol–water partition coefficient (Wildman–Crippen LogP) is 4.65. The van der Waals surface area contributed by atoms with Crippen LogP contribution in [-0.2, 0) is 0 Å². The van der Waals surface area contributed by atoms with Gasteiger partial charge in [-0.2, -0.15) is 0 Å². The minimum absolute atomic E-state index is 0.457. The number of anilines is 1. The third-order valence-corrected chi connectivity index (χ3v) is 6.05. The molecule has 0 saturated heterocycles. The maximum atomic E-state index is 5.98. The molecule has 2 unspecified atom stereocenters. The first kappa shape index (κ1) is 15.5. The van der Waals surface area contributed by atoms with Crippen molar-refractivity contribution in [3.63, 3.8) is 0 Å². The third kappa shape index (κ3) is 2.57. The minimum Gasteiger partial charge on any atom is -0.383 e. The number of aromatic nitrogens is 4. The van der Waals surface area contributed by atoms with E-state index in [1.54, 1.807) is 6.33 Å². The van der Waals surface area contributed by atoms with Gasteiger partial charge in [-0.05, 0) is 53.9 Å². The summed E-state index contributed by atoms with van der Waals surface area (Å²) in [6.45, 7) is 0. The fourth-order valence-electron chi connectivity index (χ4n) is 4.12. The summed E-state index contributed by atoms with van der Waals surface area (Å²) < 4.78 is 6.50. The molecule has 0 bridgehead atoms. The monoisotopic (exact) mass is 361 g/mol. The highest BCUT2D eigenvalue weighted by Crippen LogP contribution is 2.43. The van der Waals surface area contributed by atoms with Gasteiger partial charge >= 0.3 is 0 Å². The molecule has 0 spiro atoms. The Morgan fingerprint density at radius 2 is 2.08 bits per heavy atom. The van der Waals surface area contributed by atoms with E-state index in [4.69, 9.17) is 5.73 Å². The number of rotatable bonds is 3. The van der Waals surface area contributed by atoms with Crippen LogP contribution in [-0.4, -0.2) is 18.9 Å². The summed E-state index contributed by atoms with van der Waals surface area (Å²) in [5, 5.41) is 3.05. The molecule has 5 nitrogen and oxygen atoms in total. The van der Waals surface area contributed by atoms with E-state index >= 15 is 0 Å². The van der Waals surface area contributed by atoms with Crippen LogP contribution >= 0.6 is 11.5 Å². The molecule has 3 aromatic heterocycles. The Bertz CT molecular complexity index is 1050. The van der Waals surface area contributed by atoms with Gasteiger partial charge in [0.25, 0.3) is 0 Å². The number of fused-ring (bicyclic) bond motifs is 1. The standard InChI is InChI=1S/C20H19N5S/c21-19-18-6-7-25(20(18)23-12-22-19)17-5-4-15(9-17)13-2-1-3-14(8-13)16-10-24-26-11-16/h1-3,6-8,10-12,15,17H,4-5,9H2,(H2,21,22,23). The average Bonchev–Trinajstić information content (AvgIpc) is 3.41. The van der Waals surface area contributed by atoms with Crippen molar-refractivity contribution >= 4 is 28.4 Å². The molecule has 3 heterocycles. The highest BCUT2D eigenvalue weighted by molar-refractivity contribution is 7.03. The van der Waals surface area contributed by atoms with Gasteiger partial charge in [0.05, 0.1) is 5.39 Å². The van der Waals surface area contributed by atoms with Crippen LogP contribution in [0.2, 0.25) is 0 Å². The molecular formula is C20H19N5S. The summed E-state index contributed by atoms with van der Waals surface area (Å²) >= 11 is 1.50. The van der Waals surface area contributed by atoms with Crippen molar-refractivity contribution in [2.75, 3.05) is 5.73 Å². The van der Waals surface area contributed by atoms with Crippen LogP contribution < -0.4 is 5.73 Å². The fraction of sp³-hybridized carbons (Fsp3) is 0.250. The molecule has 2 N–H and O–H groups in total. The van der Waals surface area contributed by atoms with Crippen molar-refractivity contribution in [3.05, 3.63) is 60.0 Å². The van der Waals surface area contributed by atoms with Crippen molar-refractivity contribution in [2.45, 2.75) is 31.2 Å². The first-order valence-electron chi connectivity index (χ1n) is 8.86. The lowest BCUT2D eigenvalue weighted by Gasteiger charge is -2.15. The van der Waals surface area contributed by atoms with Gasteiger partial charge in [-0.1, -0.05) is 24.3 Å². The second-order valence-corrected chi connectivity index (χ2v) is 7.58. The molecule has 1 fully saturated rings. The van der Waals surface area contributed by atoms with Gasteiger partial charge < -0.3 is 10.3 Å². The van der Waals surface area contributed by atoms with E-state index in [-0.39, 0.29) is 0 Å². The summed E-state index contributed by atoms with van der Waals surface area (Å²) in [5.41, 5.74) is 10.8. The smallest absolute Gasteiger partial charge is 0.145 e. The molecule has 26 heavy (non-hydrogen) atoms. The number of nitrogens with two attached hydrogens (primary N) is 1. The summed E-state index contributed by atoms with van der Waals surface area (Å²) in [4.78, 5) is 8.55. The first-order valence-corrected chi connectivity index (χ1v) is 9.70. The Balaban J connectivity index is 1.42. The van der Waals surface area contributed by atoms with Gasteiger partial charge in [0.15, 0.2) is 0 Å². The van der Waals surface area contributed by atoms with E-state index < -0.39 is 0 Å². The predicted molar refractivity (Wildman–Crippen MR) is 105 cm³/mol. The molecular weight excluding hydrogens is 342 g/mol. The lowest BCUT2D eigenvalue weighted by atomic mass is 9.94. The number of nitrogens with zero attached hydrogens (tertiary/aromatic N) is 4. The van der Waals surface area contributed by atoms with E-state index in [2.05, 4.69) is 54.8 Å². The van der Waals surface area contributed by atoms with E-state index in [1.165, 1.54) is 34.6 Å². The van der Waals surface area contributed by atoms with Crippen LogP contribution in [0, 0.1) is 0 Å². The number of hydrogen-bond acceptors (Lipinski definition) is 5. The zero-order valence-electron chi connectivity index (χ0n) is 14.2. The lowest BCUT2D eigenvalue weighted by Crippen LogP contribution is -2.05. The summed E-state index contributed by atoms with van der Waals surface area (Å²) in [5.74, 6) is 1.13. The number of hydrogen-bond donors (Lipinski definition) is 1. The Morgan fingerprint density at radius 3 is 2.96 bits per heavy atom. The third-order valence-electron chi connectivity index (χ3n) is 5.46. The Kier molecular flexibility index (Phi) is 3.71. The normalized spacial score (nSPS) is 20.0. The second-order valence-electron chi connectivity index (χ2n) is 6.92. The molecule has 4 aromatic rings. The highest BCUT2D eigenvalue weighted by atomic mass is 32.1. The molecule has 0 amide bonds. The van der Waals surface area contributed by atoms with Gasteiger partial charge in [-0.15, -0.1) is 0 Å². The molecule has 6 heteroatoms. The molecule has 130 valence electrons. The summed E-state index contributed by atoms with van der Waals surface area (Å²) in [7, 11) is 0. The van der Waals surface area contributed by atoms with E-state index in [1.807, 2.05) is 12.3 Å². The molecule has 1 aromatic carbocycles. The average molecular weight is 361 g/mol. The van der Waals surface area contributed by atoms with Crippen LogP contribution in [0.25, 0.3) is 22.2 Å². The molecule has 0 radical (unpaired) electrons. The fourth-order valence-corrected chi connectivity index (χ4v) is 4.66.